The predicted molar refractivity (Wildman–Crippen MR) is 165 cm³/mol. The molecule has 1 N–H and O–H groups in total. The fourth-order valence-electron chi connectivity index (χ4n) is 8.91. The number of allylic oxidation sites excluding steroid dienone is 4. The summed E-state index contributed by atoms with van der Waals surface area (Å²) >= 11 is 0.769. The number of furan rings is 1. The second-order valence-electron chi connectivity index (χ2n) is 13.2. The van der Waals surface area contributed by atoms with Crippen LogP contribution in [0.4, 0.5) is 4.39 Å². The molecule has 0 radical (unpaired) electrons. The van der Waals surface area contributed by atoms with E-state index in [9.17, 15) is 24.3 Å². The molecule has 1 aromatic heterocycles. The molecule has 0 aliphatic heterocycles. The number of ketones is 2. The summed E-state index contributed by atoms with van der Waals surface area (Å²) in [5.41, 5.74) is -5.22. The third-order valence-corrected chi connectivity index (χ3v) is 12.2. The molecule has 1 unspecified atom stereocenters. The first-order valence-corrected chi connectivity index (χ1v) is 16.2. The van der Waals surface area contributed by atoms with Crippen molar-refractivity contribution >= 4 is 34.4 Å². The molecule has 4 aliphatic rings. The van der Waals surface area contributed by atoms with Crippen molar-refractivity contribution in [2.24, 2.45) is 28.6 Å². The average molecular weight is 637 g/mol. The Hall–Kier alpha value is -3.50. The van der Waals surface area contributed by atoms with E-state index in [0.29, 0.717) is 36.1 Å². The molecule has 0 amide bonds. The van der Waals surface area contributed by atoms with Gasteiger partial charge in [-0.1, -0.05) is 37.3 Å². The number of Topliss-reactive ketones (excluding diaryl/α,β-unsaturated/α-hetero) is 1. The Morgan fingerprint density at radius 3 is 2.53 bits per heavy atom. The van der Waals surface area contributed by atoms with Gasteiger partial charge < -0.3 is 19.0 Å². The molecule has 45 heavy (non-hydrogen) atoms. The van der Waals surface area contributed by atoms with Crippen molar-refractivity contribution in [3.8, 4) is 5.75 Å². The number of carbonyl (C=O) groups is 4. The fourth-order valence-corrected chi connectivity index (χ4v) is 10.0. The SMILES string of the molecule is COc1ccc(C(=O)CSC(=O)[C@@]2(OC(=O)c3ccco3)[C@H](C)C[C@H]3[C@@H]4CCC5=CC(=O)C=C[C@]5(C)C4(F)[C@@H](O)C[C@@]32C)cc1. The van der Waals surface area contributed by atoms with Gasteiger partial charge in [-0.3, -0.25) is 14.4 Å². The number of benzene rings is 1. The molecule has 0 saturated heterocycles. The lowest BCUT2D eigenvalue weighted by Crippen LogP contribution is -2.69. The number of carbonyl (C=O) groups excluding carboxylic acids is 4. The molecule has 3 fully saturated rings. The lowest BCUT2D eigenvalue weighted by molar-refractivity contribution is -0.216. The number of esters is 1. The predicted octanol–water partition coefficient (Wildman–Crippen LogP) is 5.94. The normalized spacial score (nSPS) is 36.8. The fraction of sp³-hybridized carbons (Fsp3) is 0.486. The molecule has 0 spiro atoms. The Bertz CT molecular complexity index is 1600. The van der Waals surface area contributed by atoms with E-state index in [1.165, 1.54) is 37.7 Å². The van der Waals surface area contributed by atoms with Gasteiger partial charge in [0, 0.05) is 28.2 Å². The number of ether oxygens (including phenoxy) is 2. The zero-order valence-electron chi connectivity index (χ0n) is 25.7. The molecule has 2 aromatic rings. The van der Waals surface area contributed by atoms with Crippen LogP contribution in [-0.2, 0) is 14.3 Å². The van der Waals surface area contributed by atoms with E-state index in [1.54, 1.807) is 44.2 Å². The van der Waals surface area contributed by atoms with Gasteiger partial charge in [0.15, 0.2) is 22.8 Å². The van der Waals surface area contributed by atoms with Crippen molar-refractivity contribution in [3.05, 3.63) is 77.8 Å². The summed E-state index contributed by atoms with van der Waals surface area (Å²) in [6.45, 7) is 5.34. The average Bonchev–Trinajstić information content (AvgIpc) is 3.63. The molecular weight excluding hydrogens is 599 g/mol. The molecule has 8 atom stereocenters. The van der Waals surface area contributed by atoms with E-state index in [4.69, 9.17) is 13.9 Å². The maximum Gasteiger partial charge on any atom is 0.375 e. The number of alkyl halides is 1. The first-order chi connectivity index (χ1) is 21.3. The Balaban J connectivity index is 1.37. The van der Waals surface area contributed by atoms with Crippen LogP contribution in [0.5, 0.6) is 5.75 Å². The standard InChI is InChI=1S/C35H37FO8S/c1-20-16-26-25-12-9-22-17-23(37)13-14-32(22,2)34(25,36)29(39)18-33(26,3)35(20,44-30(40)28-6-5-15-43-28)31(41)45-19-27(38)21-7-10-24(42-4)11-8-21/h5-8,10-11,13-15,17,20,25-26,29,39H,9,12,16,18-19H2,1-4H3/t20-,25+,26+,29+,32+,33+,34?,35+/m1/s1. The second-order valence-corrected chi connectivity index (χ2v) is 14.2. The van der Waals surface area contributed by atoms with Crippen LogP contribution in [0, 0.1) is 28.6 Å². The topological polar surface area (TPSA) is 120 Å². The van der Waals surface area contributed by atoms with Crippen LogP contribution >= 0.6 is 11.8 Å². The lowest BCUT2D eigenvalue weighted by Gasteiger charge is -2.62. The monoisotopic (exact) mass is 636 g/mol. The summed E-state index contributed by atoms with van der Waals surface area (Å²) in [5, 5.41) is 11.3. The zero-order chi connectivity index (χ0) is 32.4. The van der Waals surface area contributed by atoms with Crippen LogP contribution in [0.25, 0.3) is 0 Å². The van der Waals surface area contributed by atoms with E-state index in [0.717, 1.165) is 11.8 Å². The summed E-state index contributed by atoms with van der Waals surface area (Å²) in [5.74, 6) is -2.74. The zero-order valence-corrected chi connectivity index (χ0v) is 26.5. The van der Waals surface area contributed by atoms with E-state index in [1.807, 2.05) is 6.92 Å². The van der Waals surface area contributed by atoms with Gasteiger partial charge in [0.2, 0.25) is 10.9 Å². The van der Waals surface area contributed by atoms with E-state index in [2.05, 4.69) is 0 Å². The van der Waals surface area contributed by atoms with Crippen LogP contribution < -0.4 is 4.74 Å². The number of hydrogen-bond acceptors (Lipinski definition) is 9. The minimum absolute atomic E-state index is 0.0890. The molecule has 6 rings (SSSR count). The summed E-state index contributed by atoms with van der Waals surface area (Å²) in [7, 11) is 1.52. The van der Waals surface area contributed by atoms with Gasteiger partial charge in [-0.25, -0.2) is 9.18 Å². The maximum atomic E-state index is 17.7. The van der Waals surface area contributed by atoms with E-state index >= 15 is 4.39 Å². The quantitative estimate of drug-likeness (QED) is 0.291. The third kappa shape index (κ3) is 4.50. The van der Waals surface area contributed by atoms with Gasteiger partial charge in [0.05, 0.1) is 25.2 Å². The molecule has 238 valence electrons. The highest BCUT2D eigenvalue weighted by Crippen LogP contribution is 2.71. The molecule has 10 heteroatoms. The number of methoxy groups -OCH3 is 1. The lowest BCUT2D eigenvalue weighted by atomic mass is 9.45. The van der Waals surface area contributed by atoms with Crippen LogP contribution in [0.2, 0.25) is 0 Å². The molecule has 3 saturated carbocycles. The highest BCUT2D eigenvalue weighted by molar-refractivity contribution is 8.14. The third-order valence-electron chi connectivity index (χ3n) is 11.2. The Labute approximate surface area is 265 Å². The number of hydrogen-bond donors (Lipinski definition) is 1. The minimum Gasteiger partial charge on any atom is -0.497 e. The summed E-state index contributed by atoms with van der Waals surface area (Å²) in [4.78, 5) is 53.3. The summed E-state index contributed by atoms with van der Waals surface area (Å²) in [6, 6.07) is 9.53. The molecular formula is C35H37FO8S. The van der Waals surface area contributed by atoms with Gasteiger partial charge >= 0.3 is 5.97 Å². The van der Waals surface area contributed by atoms with Crippen LogP contribution in [0.3, 0.4) is 0 Å². The number of halogens is 1. The van der Waals surface area contributed by atoms with Crippen molar-refractivity contribution < 1.29 is 42.6 Å². The van der Waals surface area contributed by atoms with Gasteiger partial charge in [-0.2, -0.15) is 0 Å². The first-order valence-electron chi connectivity index (χ1n) is 15.2. The highest BCUT2D eigenvalue weighted by Gasteiger charge is 2.77. The Morgan fingerprint density at radius 2 is 1.87 bits per heavy atom. The highest BCUT2D eigenvalue weighted by atomic mass is 32.2. The summed E-state index contributed by atoms with van der Waals surface area (Å²) in [6.07, 6.45) is 5.25. The van der Waals surface area contributed by atoms with E-state index < -0.39 is 57.0 Å². The second kappa shape index (κ2) is 11.1. The Kier molecular flexibility index (Phi) is 7.76. The smallest absolute Gasteiger partial charge is 0.375 e. The van der Waals surface area contributed by atoms with Gasteiger partial charge in [0.1, 0.15) is 5.75 Å². The minimum atomic E-state index is -2.11. The van der Waals surface area contributed by atoms with Gasteiger partial charge in [-0.15, -0.1) is 0 Å². The number of rotatable bonds is 7. The summed E-state index contributed by atoms with van der Waals surface area (Å²) < 4.78 is 34.4. The molecule has 0 bridgehead atoms. The number of fused-ring (bicyclic) bond motifs is 5. The van der Waals surface area contributed by atoms with E-state index in [-0.39, 0.29) is 29.5 Å². The van der Waals surface area contributed by atoms with Crippen LogP contribution in [0.15, 0.2) is 70.9 Å². The maximum absolute atomic E-state index is 17.7. The van der Waals surface area contributed by atoms with Gasteiger partial charge in [-0.05, 0) is 87.1 Å². The number of aliphatic hydroxyl groups excluding tert-OH is 1. The van der Waals surface area contributed by atoms with Gasteiger partial charge in [0.25, 0.3) is 0 Å². The molecule has 1 heterocycles. The molecule has 4 aliphatic carbocycles. The number of aliphatic hydroxyl groups is 1. The molecule has 8 nitrogen and oxygen atoms in total. The van der Waals surface area contributed by atoms with Crippen LogP contribution in [-0.4, -0.2) is 58.0 Å². The first kappa shape index (κ1) is 31.5. The van der Waals surface area contributed by atoms with Crippen LogP contribution in [0.1, 0.15) is 67.4 Å². The van der Waals surface area contributed by atoms with Crippen molar-refractivity contribution in [1.82, 2.24) is 0 Å². The molecule has 1 aromatic carbocycles. The van der Waals surface area contributed by atoms with Crippen molar-refractivity contribution in [3.63, 3.8) is 0 Å². The van der Waals surface area contributed by atoms with Crippen molar-refractivity contribution in [1.29, 1.82) is 0 Å². The Morgan fingerprint density at radius 1 is 1.13 bits per heavy atom. The van der Waals surface area contributed by atoms with Crippen molar-refractivity contribution in [2.45, 2.75) is 63.8 Å². The van der Waals surface area contributed by atoms with Crippen molar-refractivity contribution in [2.75, 3.05) is 12.9 Å². The number of thioether (sulfide) groups is 1. The largest absolute Gasteiger partial charge is 0.497 e.